The predicted octanol–water partition coefficient (Wildman–Crippen LogP) is 4.94. The van der Waals surface area contributed by atoms with Crippen molar-refractivity contribution in [3.05, 3.63) is 106 Å². The monoisotopic (exact) mass is 412 g/mol. The lowest BCUT2D eigenvalue weighted by Gasteiger charge is -2.06. The quantitative estimate of drug-likeness (QED) is 0.359. The maximum atomic E-state index is 12.7. The van der Waals surface area contributed by atoms with Crippen LogP contribution in [0.4, 0.5) is 11.4 Å². The number of rotatable bonds is 6. The van der Waals surface area contributed by atoms with Gasteiger partial charge >= 0.3 is 0 Å². The fraction of sp³-hybridized carbons (Fsp3) is 0.0833. The average molecular weight is 412 g/mol. The summed E-state index contributed by atoms with van der Waals surface area (Å²) in [6.45, 7) is 1.99. The van der Waals surface area contributed by atoms with Crippen LogP contribution in [0.1, 0.15) is 11.1 Å². The topological polar surface area (TPSA) is 90.1 Å². The van der Waals surface area contributed by atoms with Crippen molar-refractivity contribution in [2.24, 2.45) is 0 Å². The number of aryl methyl sites for hydroxylation is 1. The highest BCUT2D eigenvalue weighted by Gasteiger charge is 2.17. The third kappa shape index (κ3) is 4.67. The Hall–Kier alpha value is -4.26. The van der Waals surface area contributed by atoms with Crippen LogP contribution in [0.25, 0.3) is 16.9 Å². The van der Waals surface area contributed by atoms with Crippen LogP contribution in [-0.4, -0.2) is 20.6 Å². The molecule has 0 aliphatic heterocycles. The third-order valence-electron chi connectivity index (χ3n) is 4.85. The Kier molecular flexibility index (Phi) is 5.57. The number of nitrogens with zero attached hydrogens (tertiary/aromatic N) is 3. The van der Waals surface area contributed by atoms with E-state index in [1.807, 2.05) is 67.7 Å². The molecule has 1 aromatic heterocycles. The molecule has 0 bridgehead atoms. The van der Waals surface area contributed by atoms with Gasteiger partial charge in [-0.2, -0.15) is 5.10 Å². The van der Waals surface area contributed by atoms with Crippen LogP contribution >= 0.6 is 0 Å². The summed E-state index contributed by atoms with van der Waals surface area (Å²) in [7, 11) is 0. The highest BCUT2D eigenvalue weighted by atomic mass is 16.6. The minimum atomic E-state index is -0.442. The van der Waals surface area contributed by atoms with Crippen LogP contribution in [-0.2, 0) is 11.2 Å². The summed E-state index contributed by atoms with van der Waals surface area (Å²) >= 11 is 0. The predicted molar refractivity (Wildman–Crippen MR) is 119 cm³/mol. The minimum absolute atomic E-state index is 0.00454. The number of hydrogen-bond donors (Lipinski definition) is 1. The molecule has 0 aliphatic rings. The molecule has 0 saturated heterocycles. The first-order valence-electron chi connectivity index (χ1n) is 9.75. The molecule has 1 amide bonds. The zero-order valence-electron chi connectivity index (χ0n) is 16.9. The summed E-state index contributed by atoms with van der Waals surface area (Å²) in [6, 6.07) is 23.3. The van der Waals surface area contributed by atoms with E-state index >= 15 is 0 Å². The van der Waals surface area contributed by atoms with E-state index in [9.17, 15) is 14.9 Å². The van der Waals surface area contributed by atoms with Gasteiger partial charge in [-0.1, -0.05) is 35.9 Å². The van der Waals surface area contributed by atoms with Crippen LogP contribution in [0, 0.1) is 17.0 Å². The van der Waals surface area contributed by atoms with E-state index in [0.717, 1.165) is 22.5 Å². The number of non-ortho nitro benzene ring substituents is 1. The number of nitro groups is 1. The second-order valence-corrected chi connectivity index (χ2v) is 7.18. The molecule has 0 atom stereocenters. The highest BCUT2D eigenvalue weighted by Crippen LogP contribution is 2.26. The van der Waals surface area contributed by atoms with Gasteiger partial charge in [-0.15, -0.1) is 0 Å². The summed E-state index contributed by atoms with van der Waals surface area (Å²) in [5.41, 5.74) is 4.74. The van der Waals surface area contributed by atoms with Gasteiger partial charge in [0.2, 0.25) is 5.91 Å². The van der Waals surface area contributed by atoms with Crippen molar-refractivity contribution in [1.82, 2.24) is 9.78 Å². The van der Waals surface area contributed by atoms with E-state index in [-0.39, 0.29) is 18.0 Å². The average Bonchev–Trinajstić information content (AvgIpc) is 3.19. The van der Waals surface area contributed by atoms with Crippen LogP contribution < -0.4 is 5.32 Å². The molecule has 0 aliphatic carbocycles. The lowest BCUT2D eigenvalue weighted by Crippen LogP contribution is -2.14. The van der Waals surface area contributed by atoms with Crippen LogP contribution in [0.5, 0.6) is 0 Å². The van der Waals surface area contributed by atoms with Gasteiger partial charge < -0.3 is 5.32 Å². The van der Waals surface area contributed by atoms with Gasteiger partial charge in [0.1, 0.15) is 0 Å². The van der Waals surface area contributed by atoms with Crippen molar-refractivity contribution in [2.45, 2.75) is 13.3 Å². The molecule has 7 heteroatoms. The summed E-state index contributed by atoms with van der Waals surface area (Å²) < 4.78 is 1.71. The molecule has 4 rings (SSSR count). The molecule has 0 radical (unpaired) electrons. The normalized spacial score (nSPS) is 10.6. The van der Waals surface area contributed by atoms with E-state index in [1.54, 1.807) is 16.8 Å². The maximum Gasteiger partial charge on any atom is 0.269 e. The number of carbonyl (C=O) groups is 1. The number of carbonyl (C=O) groups excluding carboxylic acids is 1. The lowest BCUT2D eigenvalue weighted by molar-refractivity contribution is -0.384. The zero-order valence-corrected chi connectivity index (χ0v) is 16.9. The Morgan fingerprint density at radius 3 is 2.32 bits per heavy atom. The van der Waals surface area contributed by atoms with Gasteiger partial charge in [-0.3, -0.25) is 14.9 Å². The molecular weight excluding hydrogens is 392 g/mol. The van der Waals surface area contributed by atoms with E-state index < -0.39 is 4.92 Å². The second kappa shape index (κ2) is 8.62. The Labute approximate surface area is 179 Å². The summed E-state index contributed by atoms with van der Waals surface area (Å²) in [5, 5.41) is 18.5. The van der Waals surface area contributed by atoms with Gasteiger partial charge in [0.25, 0.3) is 5.69 Å². The van der Waals surface area contributed by atoms with E-state index in [2.05, 4.69) is 10.4 Å². The first kappa shape index (κ1) is 20.0. The standard InChI is InChI=1S/C24H20N4O3/c1-17-7-11-20(12-8-17)25-23(29)15-19-16-27(21-5-3-2-4-6-21)26-24(19)18-9-13-22(14-10-18)28(30)31/h2-14,16H,15H2,1H3,(H,25,29). The highest BCUT2D eigenvalue weighted by molar-refractivity contribution is 5.93. The van der Waals surface area contributed by atoms with Crippen LogP contribution in [0.15, 0.2) is 85.1 Å². The molecule has 154 valence electrons. The van der Waals surface area contributed by atoms with Crippen LogP contribution in [0.2, 0.25) is 0 Å². The second-order valence-electron chi connectivity index (χ2n) is 7.18. The Morgan fingerprint density at radius 1 is 1.00 bits per heavy atom. The van der Waals surface area contributed by atoms with E-state index in [1.165, 1.54) is 12.1 Å². The first-order chi connectivity index (χ1) is 15.0. The number of benzene rings is 3. The van der Waals surface area contributed by atoms with Crippen molar-refractivity contribution in [2.75, 3.05) is 5.32 Å². The van der Waals surface area contributed by atoms with Crippen molar-refractivity contribution in [3.8, 4) is 16.9 Å². The Balaban J connectivity index is 1.66. The molecule has 1 N–H and O–H groups in total. The fourth-order valence-electron chi connectivity index (χ4n) is 3.25. The zero-order chi connectivity index (χ0) is 21.8. The lowest BCUT2D eigenvalue weighted by atomic mass is 10.1. The molecule has 0 spiro atoms. The number of para-hydroxylation sites is 1. The van der Waals surface area contributed by atoms with Gasteiger partial charge in [0.05, 0.1) is 22.7 Å². The molecular formula is C24H20N4O3. The van der Waals surface area contributed by atoms with Gasteiger partial charge in [0, 0.05) is 35.1 Å². The Bertz CT molecular complexity index is 1210. The minimum Gasteiger partial charge on any atom is -0.326 e. The van der Waals surface area contributed by atoms with Crippen molar-refractivity contribution >= 4 is 17.3 Å². The molecule has 3 aromatic carbocycles. The maximum absolute atomic E-state index is 12.7. The molecule has 1 heterocycles. The third-order valence-corrected chi connectivity index (χ3v) is 4.85. The van der Waals surface area contributed by atoms with Gasteiger partial charge in [-0.05, 0) is 43.3 Å². The number of nitrogens with one attached hydrogen (secondary N) is 1. The van der Waals surface area contributed by atoms with E-state index in [4.69, 9.17) is 0 Å². The van der Waals surface area contributed by atoms with Crippen molar-refractivity contribution < 1.29 is 9.72 Å². The molecule has 7 nitrogen and oxygen atoms in total. The molecule has 31 heavy (non-hydrogen) atoms. The van der Waals surface area contributed by atoms with Gasteiger partial charge in [-0.25, -0.2) is 4.68 Å². The molecule has 0 fully saturated rings. The summed E-state index contributed by atoms with van der Waals surface area (Å²) in [5.74, 6) is -0.167. The van der Waals surface area contributed by atoms with E-state index in [0.29, 0.717) is 11.3 Å². The number of hydrogen-bond acceptors (Lipinski definition) is 4. The number of nitro benzene ring substituents is 1. The van der Waals surface area contributed by atoms with Crippen LogP contribution in [0.3, 0.4) is 0 Å². The summed E-state index contributed by atoms with van der Waals surface area (Å²) in [6.07, 6.45) is 1.94. The number of aromatic nitrogens is 2. The molecule has 0 unspecified atom stereocenters. The molecule has 0 saturated carbocycles. The SMILES string of the molecule is Cc1ccc(NC(=O)Cc2cn(-c3ccccc3)nc2-c2ccc([N+](=O)[O-])cc2)cc1. The summed E-state index contributed by atoms with van der Waals surface area (Å²) in [4.78, 5) is 23.2. The van der Waals surface area contributed by atoms with Crippen molar-refractivity contribution in [1.29, 1.82) is 0 Å². The largest absolute Gasteiger partial charge is 0.326 e. The first-order valence-corrected chi connectivity index (χ1v) is 9.75. The fourth-order valence-corrected chi connectivity index (χ4v) is 3.25. The Morgan fingerprint density at radius 2 is 1.68 bits per heavy atom. The number of anilines is 1. The van der Waals surface area contributed by atoms with Gasteiger partial charge in [0.15, 0.2) is 0 Å². The number of amides is 1. The van der Waals surface area contributed by atoms with Crippen molar-refractivity contribution in [3.63, 3.8) is 0 Å². The smallest absolute Gasteiger partial charge is 0.269 e. The molecule has 4 aromatic rings.